The van der Waals surface area contributed by atoms with Crippen molar-refractivity contribution in [2.75, 3.05) is 6.54 Å². The fourth-order valence-corrected chi connectivity index (χ4v) is 2.12. The minimum Gasteiger partial charge on any atom is -0.409 e. The number of nitrogens with zero attached hydrogens (tertiary/aromatic N) is 2. The van der Waals surface area contributed by atoms with Crippen LogP contribution in [0.1, 0.15) is 38.8 Å². The van der Waals surface area contributed by atoms with Gasteiger partial charge in [-0.2, -0.15) is 0 Å². The van der Waals surface area contributed by atoms with Crippen molar-refractivity contribution in [3.8, 4) is 0 Å². The first-order valence-corrected chi connectivity index (χ1v) is 7.21. The molecule has 0 heterocycles. The number of carbonyl (C=O) groups is 1. The lowest BCUT2D eigenvalue weighted by Crippen LogP contribution is -2.40. The summed E-state index contributed by atoms with van der Waals surface area (Å²) in [5, 5.41) is 11.6. The predicted octanol–water partition coefficient (Wildman–Crippen LogP) is 2.22. The second kappa shape index (κ2) is 7.67. The minimum absolute atomic E-state index is 0.0662. The SMILES string of the molecule is CC(C)CN(C(=O)Cc1ccc(C(N)=NO)cc1)C(C)C. The molecule has 3 N–H and O–H groups in total. The lowest BCUT2D eigenvalue weighted by molar-refractivity contribution is -0.132. The van der Waals surface area contributed by atoms with Crippen LogP contribution in [0.4, 0.5) is 0 Å². The van der Waals surface area contributed by atoms with Crippen LogP contribution in [0.15, 0.2) is 29.4 Å². The molecule has 116 valence electrons. The number of nitrogens with two attached hydrogens (primary N) is 1. The number of amides is 1. The van der Waals surface area contributed by atoms with Crippen LogP contribution in [0.2, 0.25) is 0 Å². The van der Waals surface area contributed by atoms with E-state index in [1.165, 1.54) is 0 Å². The third kappa shape index (κ3) is 5.10. The smallest absolute Gasteiger partial charge is 0.227 e. The van der Waals surface area contributed by atoms with Gasteiger partial charge in [0.15, 0.2) is 5.84 Å². The summed E-state index contributed by atoms with van der Waals surface area (Å²) in [7, 11) is 0. The molecule has 0 aliphatic heterocycles. The molecule has 21 heavy (non-hydrogen) atoms. The molecule has 0 unspecified atom stereocenters. The van der Waals surface area contributed by atoms with Gasteiger partial charge in [-0.05, 0) is 25.3 Å². The summed E-state index contributed by atoms with van der Waals surface area (Å²) < 4.78 is 0. The van der Waals surface area contributed by atoms with Gasteiger partial charge in [0.1, 0.15) is 0 Å². The van der Waals surface area contributed by atoms with Crippen molar-refractivity contribution in [3.63, 3.8) is 0 Å². The van der Waals surface area contributed by atoms with Crippen molar-refractivity contribution in [1.29, 1.82) is 0 Å². The molecule has 0 spiro atoms. The zero-order valence-corrected chi connectivity index (χ0v) is 13.2. The Labute approximate surface area is 126 Å². The van der Waals surface area contributed by atoms with Crippen LogP contribution in [0.5, 0.6) is 0 Å². The second-order valence-electron chi connectivity index (χ2n) is 5.89. The summed E-state index contributed by atoms with van der Waals surface area (Å²) in [6, 6.07) is 7.36. The first-order chi connectivity index (χ1) is 9.85. The number of oxime groups is 1. The first kappa shape index (κ1) is 17.0. The Bertz CT molecular complexity index is 493. The Balaban J connectivity index is 2.77. The van der Waals surface area contributed by atoms with Crippen molar-refractivity contribution < 1.29 is 10.0 Å². The highest BCUT2D eigenvalue weighted by molar-refractivity contribution is 5.97. The van der Waals surface area contributed by atoms with Crippen LogP contribution in [0.3, 0.4) is 0 Å². The lowest BCUT2D eigenvalue weighted by atomic mass is 10.1. The van der Waals surface area contributed by atoms with Crippen molar-refractivity contribution in [1.82, 2.24) is 4.90 Å². The topological polar surface area (TPSA) is 78.9 Å². The number of amidine groups is 1. The summed E-state index contributed by atoms with van der Waals surface area (Å²) in [5.41, 5.74) is 7.07. The van der Waals surface area contributed by atoms with E-state index in [1.54, 1.807) is 12.1 Å². The molecule has 0 bridgehead atoms. The third-order valence-corrected chi connectivity index (χ3v) is 3.22. The van der Waals surface area contributed by atoms with Gasteiger partial charge >= 0.3 is 0 Å². The van der Waals surface area contributed by atoms with E-state index < -0.39 is 0 Å². The number of hydrogen-bond acceptors (Lipinski definition) is 3. The molecule has 0 aliphatic carbocycles. The minimum atomic E-state index is 0.0662. The molecule has 5 heteroatoms. The molecule has 0 saturated carbocycles. The third-order valence-electron chi connectivity index (χ3n) is 3.22. The predicted molar refractivity (Wildman–Crippen MR) is 84.3 cm³/mol. The molecule has 1 aromatic rings. The molecule has 0 radical (unpaired) electrons. The van der Waals surface area contributed by atoms with E-state index in [9.17, 15) is 4.79 Å². The van der Waals surface area contributed by atoms with Crippen molar-refractivity contribution in [3.05, 3.63) is 35.4 Å². The van der Waals surface area contributed by atoms with E-state index >= 15 is 0 Å². The maximum absolute atomic E-state index is 12.4. The quantitative estimate of drug-likeness (QED) is 0.365. The zero-order chi connectivity index (χ0) is 16.0. The van der Waals surface area contributed by atoms with Gasteiger partial charge in [-0.15, -0.1) is 0 Å². The summed E-state index contributed by atoms with van der Waals surface area (Å²) in [5.74, 6) is 0.631. The maximum Gasteiger partial charge on any atom is 0.227 e. The lowest BCUT2D eigenvalue weighted by Gasteiger charge is -2.28. The van der Waals surface area contributed by atoms with Crippen LogP contribution < -0.4 is 5.73 Å². The highest BCUT2D eigenvalue weighted by atomic mass is 16.4. The Hall–Kier alpha value is -2.04. The molecular weight excluding hydrogens is 266 g/mol. The monoisotopic (exact) mass is 291 g/mol. The van der Waals surface area contributed by atoms with Crippen LogP contribution in [0.25, 0.3) is 0 Å². The molecular formula is C16H25N3O2. The molecule has 1 aromatic carbocycles. The highest BCUT2D eigenvalue weighted by Crippen LogP contribution is 2.10. The Morgan fingerprint density at radius 2 is 1.81 bits per heavy atom. The van der Waals surface area contributed by atoms with Gasteiger partial charge in [-0.25, -0.2) is 0 Å². The fourth-order valence-electron chi connectivity index (χ4n) is 2.12. The van der Waals surface area contributed by atoms with Crippen molar-refractivity contribution >= 4 is 11.7 Å². The van der Waals surface area contributed by atoms with Crippen molar-refractivity contribution in [2.45, 2.75) is 40.2 Å². The van der Waals surface area contributed by atoms with Crippen LogP contribution in [-0.2, 0) is 11.2 Å². The van der Waals surface area contributed by atoms with Gasteiger partial charge in [0.05, 0.1) is 6.42 Å². The average Bonchev–Trinajstić information content (AvgIpc) is 2.44. The van der Waals surface area contributed by atoms with E-state index in [0.717, 1.165) is 12.1 Å². The summed E-state index contributed by atoms with van der Waals surface area (Å²) in [4.78, 5) is 14.3. The number of hydrogen-bond donors (Lipinski definition) is 2. The molecule has 1 rings (SSSR count). The molecule has 0 aromatic heterocycles. The largest absolute Gasteiger partial charge is 0.409 e. The van der Waals surface area contributed by atoms with Gasteiger partial charge in [0.2, 0.25) is 5.91 Å². The standard InChI is InChI=1S/C16H25N3O2/c1-11(2)10-19(12(3)4)15(20)9-13-5-7-14(8-6-13)16(17)18-21/h5-8,11-12,21H,9-10H2,1-4H3,(H2,17,18). The molecule has 5 nitrogen and oxygen atoms in total. The maximum atomic E-state index is 12.4. The van der Waals surface area contributed by atoms with E-state index in [1.807, 2.05) is 30.9 Å². The Morgan fingerprint density at radius 1 is 1.24 bits per heavy atom. The van der Waals surface area contributed by atoms with Gasteiger partial charge in [0.25, 0.3) is 0 Å². The molecule has 0 atom stereocenters. The van der Waals surface area contributed by atoms with Crippen LogP contribution in [0, 0.1) is 5.92 Å². The summed E-state index contributed by atoms with van der Waals surface area (Å²) in [6.07, 6.45) is 0.362. The number of carbonyl (C=O) groups excluding carboxylic acids is 1. The van der Waals surface area contributed by atoms with Gasteiger partial charge < -0.3 is 15.8 Å². The number of rotatable bonds is 6. The average molecular weight is 291 g/mol. The Morgan fingerprint density at radius 3 is 2.24 bits per heavy atom. The van der Waals surface area contributed by atoms with Crippen LogP contribution >= 0.6 is 0 Å². The van der Waals surface area contributed by atoms with Gasteiger partial charge in [0, 0.05) is 18.2 Å². The second-order valence-corrected chi connectivity index (χ2v) is 5.89. The fraction of sp³-hybridized carbons (Fsp3) is 0.500. The van der Waals surface area contributed by atoms with E-state index in [-0.39, 0.29) is 17.8 Å². The van der Waals surface area contributed by atoms with E-state index in [4.69, 9.17) is 10.9 Å². The van der Waals surface area contributed by atoms with E-state index in [2.05, 4.69) is 19.0 Å². The molecule has 0 fully saturated rings. The normalized spacial score (nSPS) is 12.0. The molecule has 0 aliphatic rings. The Kier molecular flexibility index (Phi) is 6.21. The van der Waals surface area contributed by atoms with Crippen molar-refractivity contribution in [2.24, 2.45) is 16.8 Å². The zero-order valence-electron chi connectivity index (χ0n) is 13.2. The first-order valence-electron chi connectivity index (χ1n) is 7.21. The summed E-state index contributed by atoms with van der Waals surface area (Å²) >= 11 is 0. The number of benzene rings is 1. The van der Waals surface area contributed by atoms with E-state index in [0.29, 0.717) is 17.9 Å². The van der Waals surface area contributed by atoms with Crippen LogP contribution in [-0.4, -0.2) is 34.4 Å². The molecule has 1 amide bonds. The van der Waals surface area contributed by atoms with Gasteiger partial charge in [-0.3, -0.25) is 4.79 Å². The summed E-state index contributed by atoms with van der Waals surface area (Å²) in [6.45, 7) is 9.03. The molecule has 0 saturated heterocycles. The highest BCUT2D eigenvalue weighted by Gasteiger charge is 2.18. The van der Waals surface area contributed by atoms with Gasteiger partial charge in [-0.1, -0.05) is 43.3 Å².